The van der Waals surface area contributed by atoms with Gasteiger partial charge in [-0.25, -0.2) is 4.98 Å². The van der Waals surface area contributed by atoms with Gasteiger partial charge in [0.15, 0.2) is 0 Å². The Kier molecular flexibility index (Phi) is 4.81. The van der Waals surface area contributed by atoms with Crippen LogP contribution in [0.1, 0.15) is 42.0 Å². The molecule has 2 aromatic carbocycles. The molecule has 2 aliphatic rings. The largest absolute Gasteiger partial charge is 0.339 e. The number of carbonyl (C=O) groups is 1. The smallest absolute Gasteiger partial charge is 0.232 e. The van der Waals surface area contributed by atoms with Crippen molar-refractivity contribution in [2.45, 2.75) is 31.1 Å². The number of carbonyl (C=O) groups excluding carboxylic acids is 1. The molecular weight excluding hydrogens is 444 g/mol. The highest BCUT2D eigenvalue weighted by Crippen LogP contribution is 2.42. The highest BCUT2D eigenvalue weighted by molar-refractivity contribution is 7.10. The van der Waals surface area contributed by atoms with Crippen molar-refractivity contribution in [1.82, 2.24) is 15.1 Å². The van der Waals surface area contributed by atoms with Crippen LogP contribution in [0, 0.1) is 0 Å². The van der Waals surface area contributed by atoms with E-state index in [1.807, 2.05) is 30.3 Å². The van der Waals surface area contributed by atoms with Crippen molar-refractivity contribution in [2.24, 2.45) is 0 Å². The molecule has 1 aliphatic heterocycles. The Bertz CT molecular complexity index is 1310. The third kappa shape index (κ3) is 3.72. The van der Waals surface area contributed by atoms with Crippen LogP contribution in [0.2, 0.25) is 5.02 Å². The zero-order chi connectivity index (χ0) is 21.7. The van der Waals surface area contributed by atoms with E-state index in [9.17, 15) is 4.79 Å². The Balaban J connectivity index is 1.23. The predicted octanol–water partition coefficient (Wildman–Crippen LogP) is 5.91. The first-order valence-corrected chi connectivity index (χ1v) is 11.9. The molecule has 1 aliphatic carbocycles. The fourth-order valence-electron chi connectivity index (χ4n) is 4.04. The maximum Gasteiger partial charge on any atom is 0.232 e. The van der Waals surface area contributed by atoms with Crippen LogP contribution in [0.5, 0.6) is 0 Å². The normalized spacial score (nSPS) is 18.5. The van der Waals surface area contributed by atoms with E-state index in [1.54, 1.807) is 28.4 Å². The van der Waals surface area contributed by atoms with Crippen LogP contribution >= 0.6 is 22.9 Å². The van der Waals surface area contributed by atoms with Gasteiger partial charge in [0.2, 0.25) is 17.6 Å². The van der Waals surface area contributed by atoms with E-state index in [4.69, 9.17) is 21.1 Å². The topological polar surface area (TPSA) is 72.1 Å². The van der Waals surface area contributed by atoms with Gasteiger partial charge in [-0.2, -0.15) is 4.98 Å². The number of thiazole rings is 1. The molecule has 6 nitrogen and oxygen atoms in total. The number of rotatable bonds is 5. The van der Waals surface area contributed by atoms with Crippen molar-refractivity contribution in [1.29, 1.82) is 0 Å². The summed E-state index contributed by atoms with van der Waals surface area (Å²) in [6.07, 6.45) is 2.82. The summed E-state index contributed by atoms with van der Waals surface area (Å²) >= 11 is 7.82. The van der Waals surface area contributed by atoms with E-state index in [0.717, 1.165) is 22.5 Å². The number of aromatic nitrogens is 3. The Hall–Kier alpha value is -3.03. The molecular formula is C24H19ClN4O2S. The van der Waals surface area contributed by atoms with Crippen LogP contribution in [0.15, 0.2) is 58.4 Å². The minimum absolute atomic E-state index is 0.0222. The SMILES string of the molecule is O=C1C[C@H](c2nc(-c3cccc(-c4csc(C5CC5)n4)c3)no2)CN1c1cccc(Cl)c1. The lowest BCUT2D eigenvalue weighted by Gasteiger charge is -2.16. The second kappa shape index (κ2) is 7.83. The van der Waals surface area contributed by atoms with Gasteiger partial charge < -0.3 is 9.42 Å². The van der Waals surface area contributed by atoms with E-state index >= 15 is 0 Å². The molecule has 1 atom stereocenters. The number of hydrogen-bond acceptors (Lipinski definition) is 6. The first kappa shape index (κ1) is 19.6. The molecule has 1 saturated heterocycles. The molecule has 160 valence electrons. The van der Waals surface area contributed by atoms with Crippen LogP contribution in [-0.4, -0.2) is 27.6 Å². The van der Waals surface area contributed by atoms with E-state index in [2.05, 4.69) is 21.6 Å². The van der Waals surface area contributed by atoms with Crippen molar-refractivity contribution in [3.63, 3.8) is 0 Å². The highest BCUT2D eigenvalue weighted by Gasteiger charge is 2.35. The van der Waals surface area contributed by atoms with Crippen molar-refractivity contribution < 1.29 is 9.32 Å². The molecule has 1 saturated carbocycles. The Labute approximate surface area is 193 Å². The van der Waals surface area contributed by atoms with E-state index in [-0.39, 0.29) is 11.8 Å². The lowest BCUT2D eigenvalue weighted by atomic mass is 10.1. The second-order valence-electron chi connectivity index (χ2n) is 8.27. The molecule has 6 rings (SSSR count). The van der Waals surface area contributed by atoms with Crippen LogP contribution in [-0.2, 0) is 4.79 Å². The lowest BCUT2D eigenvalue weighted by molar-refractivity contribution is -0.117. The van der Waals surface area contributed by atoms with Crippen LogP contribution in [0.3, 0.4) is 0 Å². The van der Waals surface area contributed by atoms with Gasteiger partial charge in [-0.3, -0.25) is 4.79 Å². The molecule has 8 heteroatoms. The molecule has 4 aromatic rings. The molecule has 1 amide bonds. The highest BCUT2D eigenvalue weighted by atomic mass is 35.5. The van der Waals surface area contributed by atoms with Gasteiger partial charge in [0.1, 0.15) is 0 Å². The third-order valence-electron chi connectivity index (χ3n) is 5.90. The van der Waals surface area contributed by atoms with Gasteiger partial charge in [0, 0.05) is 46.1 Å². The number of benzene rings is 2. The zero-order valence-electron chi connectivity index (χ0n) is 17.1. The summed E-state index contributed by atoms with van der Waals surface area (Å²) < 4.78 is 5.57. The molecule has 0 unspecified atom stereocenters. The van der Waals surface area contributed by atoms with Gasteiger partial charge in [-0.1, -0.05) is 41.0 Å². The summed E-state index contributed by atoms with van der Waals surface area (Å²) in [5.41, 5.74) is 3.68. The van der Waals surface area contributed by atoms with Gasteiger partial charge in [0.05, 0.1) is 16.6 Å². The van der Waals surface area contributed by atoms with Gasteiger partial charge in [0.25, 0.3) is 0 Å². The maximum absolute atomic E-state index is 12.6. The van der Waals surface area contributed by atoms with Crippen molar-refractivity contribution in [3.05, 3.63) is 69.8 Å². The summed E-state index contributed by atoms with van der Waals surface area (Å²) in [6.45, 7) is 0.490. The molecule has 2 aromatic heterocycles. The Morgan fingerprint density at radius 1 is 1.03 bits per heavy atom. The van der Waals surface area contributed by atoms with E-state index < -0.39 is 0 Å². The predicted molar refractivity (Wildman–Crippen MR) is 124 cm³/mol. The fraction of sp³-hybridized carbons (Fsp3) is 0.250. The molecule has 0 spiro atoms. The maximum atomic E-state index is 12.6. The van der Waals surface area contributed by atoms with Gasteiger partial charge in [-0.15, -0.1) is 11.3 Å². The van der Waals surface area contributed by atoms with Crippen molar-refractivity contribution >= 4 is 34.5 Å². The van der Waals surface area contributed by atoms with Crippen LogP contribution < -0.4 is 4.90 Å². The monoisotopic (exact) mass is 462 g/mol. The number of amides is 1. The summed E-state index contributed by atoms with van der Waals surface area (Å²) in [5, 5.41) is 8.13. The molecule has 3 heterocycles. The zero-order valence-corrected chi connectivity index (χ0v) is 18.6. The first-order chi connectivity index (χ1) is 15.6. The minimum atomic E-state index is -0.148. The van der Waals surface area contributed by atoms with Crippen LogP contribution in [0.4, 0.5) is 5.69 Å². The van der Waals surface area contributed by atoms with Crippen molar-refractivity contribution in [2.75, 3.05) is 11.4 Å². The molecule has 2 fully saturated rings. The molecule has 0 N–H and O–H groups in total. The van der Waals surface area contributed by atoms with Gasteiger partial charge in [-0.05, 0) is 37.1 Å². The number of nitrogens with zero attached hydrogens (tertiary/aromatic N) is 4. The quantitative estimate of drug-likeness (QED) is 0.368. The van der Waals surface area contributed by atoms with Crippen molar-refractivity contribution in [3.8, 4) is 22.6 Å². The summed E-state index contributed by atoms with van der Waals surface area (Å²) in [7, 11) is 0. The lowest BCUT2D eigenvalue weighted by Crippen LogP contribution is -2.24. The minimum Gasteiger partial charge on any atom is -0.339 e. The Morgan fingerprint density at radius 3 is 2.72 bits per heavy atom. The Morgan fingerprint density at radius 2 is 1.88 bits per heavy atom. The van der Waals surface area contributed by atoms with Gasteiger partial charge >= 0.3 is 0 Å². The molecule has 0 bridgehead atoms. The second-order valence-corrected chi connectivity index (χ2v) is 9.59. The first-order valence-electron chi connectivity index (χ1n) is 10.6. The van der Waals surface area contributed by atoms with E-state index in [0.29, 0.717) is 35.6 Å². The van der Waals surface area contributed by atoms with Crippen LogP contribution in [0.25, 0.3) is 22.6 Å². The fourth-order valence-corrected chi connectivity index (χ4v) is 5.23. The summed E-state index contributed by atoms with van der Waals surface area (Å²) in [6, 6.07) is 15.3. The standard InChI is InChI=1S/C24H19ClN4O2S/c25-18-5-2-6-19(11-18)29-12-17(10-21(29)30)23-27-22(28-31-23)16-4-1-3-15(9-16)20-13-32-24(26-20)14-7-8-14/h1-6,9,11,13-14,17H,7-8,10,12H2/t17-/m0/s1. The average Bonchev–Trinajstić information content (AvgIpc) is 3.20. The summed E-state index contributed by atoms with van der Waals surface area (Å²) in [4.78, 5) is 23.7. The number of halogens is 1. The molecule has 32 heavy (non-hydrogen) atoms. The average molecular weight is 463 g/mol. The number of hydrogen-bond donors (Lipinski definition) is 0. The summed E-state index contributed by atoms with van der Waals surface area (Å²) in [5.74, 6) is 1.53. The van der Waals surface area contributed by atoms with E-state index in [1.165, 1.54) is 17.8 Å². The number of anilines is 1. The third-order valence-corrected chi connectivity index (χ3v) is 7.14. The molecule has 0 radical (unpaired) electrons.